The van der Waals surface area contributed by atoms with E-state index in [0.29, 0.717) is 47.2 Å². The van der Waals surface area contributed by atoms with E-state index in [1.54, 1.807) is 4.90 Å². The molecule has 14 nitrogen and oxygen atoms in total. The van der Waals surface area contributed by atoms with E-state index >= 15 is 0 Å². The number of imidazole rings is 2. The van der Waals surface area contributed by atoms with Crippen LogP contribution in [-0.4, -0.2) is 93.8 Å². The van der Waals surface area contributed by atoms with Gasteiger partial charge >= 0.3 is 18.0 Å². The number of pyridine rings is 2. The molecule has 4 aromatic rings. The maximum atomic E-state index is 12.5. The quantitative estimate of drug-likeness (QED) is 0.205. The number of ether oxygens (including phenoxy) is 1. The Balaban J connectivity index is 0.000000186. The second-order valence-corrected chi connectivity index (χ2v) is 12.5. The number of amides is 1. The van der Waals surface area contributed by atoms with Gasteiger partial charge in [0.2, 0.25) is 0 Å². The fourth-order valence-corrected chi connectivity index (χ4v) is 5.80. The van der Waals surface area contributed by atoms with Crippen LogP contribution in [0.2, 0.25) is 0 Å². The zero-order valence-electron chi connectivity index (χ0n) is 25.8. The van der Waals surface area contributed by atoms with Crippen molar-refractivity contribution in [3.63, 3.8) is 0 Å². The van der Waals surface area contributed by atoms with Crippen molar-refractivity contribution < 1.29 is 29.3 Å². The number of H-pyrrole nitrogens is 2. The first-order chi connectivity index (χ1) is 21.5. The zero-order chi connectivity index (χ0) is 32.1. The summed E-state index contributed by atoms with van der Waals surface area (Å²) in [6.45, 7) is 7.24. The second-order valence-electron chi connectivity index (χ2n) is 12.5. The minimum atomic E-state index is -1.03. The van der Waals surface area contributed by atoms with Gasteiger partial charge in [-0.25, -0.2) is 34.3 Å². The first-order valence-electron chi connectivity index (χ1n) is 15.4. The molecular weight excluding hydrogens is 580 g/mol. The average Bonchev–Trinajstić information content (AvgIpc) is 3.60. The summed E-state index contributed by atoms with van der Waals surface area (Å²) in [6, 6.07) is 3.32. The third-order valence-electron chi connectivity index (χ3n) is 7.88. The lowest BCUT2D eigenvalue weighted by molar-refractivity contribution is 0.00973. The van der Waals surface area contributed by atoms with Gasteiger partial charge in [0.25, 0.3) is 0 Å². The summed E-state index contributed by atoms with van der Waals surface area (Å²) >= 11 is 0. The Bertz CT molecular complexity index is 1670. The Hall–Kier alpha value is -4.59. The molecule has 0 aromatic carbocycles. The largest absolute Gasteiger partial charge is 0.478 e. The molecule has 6 heterocycles. The van der Waals surface area contributed by atoms with Gasteiger partial charge in [0.1, 0.15) is 17.2 Å². The number of carboxylic acids is 2. The first-order valence-corrected chi connectivity index (χ1v) is 15.4. The average molecular weight is 621 g/mol. The summed E-state index contributed by atoms with van der Waals surface area (Å²) < 4.78 is 5.52. The lowest BCUT2D eigenvalue weighted by Gasteiger charge is -2.36. The highest BCUT2D eigenvalue weighted by Crippen LogP contribution is 2.24. The van der Waals surface area contributed by atoms with Gasteiger partial charge in [-0.1, -0.05) is 6.42 Å². The van der Waals surface area contributed by atoms with Crippen molar-refractivity contribution in [3.8, 4) is 0 Å². The molecule has 2 fully saturated rings. The molecular formula is C31H40N8O6. The molecule has 6 rings (SSSR count). The monoisotopic (exact) mass is 620 g/mol. The minimum Gasteiger partial charge on any atom is -0.478 e. The van der Waals surface area contributed by atoms with Gasteiger partial charge in [0.15, 0.2) is 11.3 Å². The summed E-state index contributed by atoms with van der Waals surface area (Å²) in [6.07, 6.45) is 10.3. The number of fused-ring (bicyclic) bond motifs is 2. The number of carbonyl (C=O) groups is 3. The fraction of sp³-hybridized carbons (Fsp3) is 0.516. The molecule has 240 valence electrons. The van der Waals surface area contributed by atoms with Crippen molar-refractivity contribution in [2.75, 3.05) is 13.1 Å². The van der Waals surface area contributed by atoms with Crippen molar-refractivity contribution in [2.45, 2.75) is 89.8 Å². The summed E-state index contributed by atoms with van der Waals surface area (Å²) in [5.74, 6) is -0.559. The van der Waals surface area contributed by atoms with Crippen LogP contribution in [-0.2, 0) is 17.6 Å². The van der Waals surface area contributed by atoms with Gasteiger partial charge in [0.05, 0.1) is 22.2 Å². The second kappa shape index (κ2) is 13.6. The molecule has 2 aliphatic heterocycles. The molecule has 5 N–H and O–H groups in total. The Kier molecular flexibility index (Phi) is 9.61. The molecule has 0 aliphatic carbocycles. The van der Waals surface area contributed by atoms with E-state index in [1.165, 1.54) is 37.4 Å². The minimum absolute atomic E-state index is 0.0348. The van der Waals surface area contributed by atoms with Gasteiger partial charge < -0.3 is 35.1 Å². The van der Waals surface area contributed by atoms with E-state index < -0.39 is 17.5 Å². The Morgan fingerprint density at radius 3 is 1.98 bits per heavy atom. The molecule has 2 aliphatic rings. The molecule has 0 radical (unpaired) electrons. The Labute approximate surface area is 260 Å². The summed E-state index contributed by atoms with van der Waals surface area (Å²) in [5, 5.41) is 21.9. The molecule has 45 heavy (non-hydrogen) atoms. The highest BCUT2D eigenvalue weighted by molar-refractivity contribution is 6.00. The van der Waals surface area contributed by atoms with Crippen molar-refractivity contribution in [1.29, 1.82) is 0 Å². The normalized spacial score (nSPS) is 18.8. The molecule has 2 saturated heterocycles. The third-order valence-corrected chi connectivity index (χ3v) is 7.88. The van der Waals surface area contributed by atoms with E-state index in [-0.39, 0.29) is 23.3 Å². The predicted molar refractivity (Wildman–Crippen MR) is 165 cm³/mol. The first kappa shape index (κ1) is 31.8. The molecule has 0 spiro atoms. The molecule has 0 saturated carbocycles. The number of carbonyl (C=O) groups excluding carboxylic acids is 1. The lowest BCUT2D eigenvalue weighted by atomic mass is 9.99. The van der Waals surface area contributed by atoms with Crippen LogP contribution in [0.4, 0.5) is 4.79 Å². The Morgan fingerprint density at radius 2 is 1.44 bits per heavy atom. The number of carboxylic acid groups (broad SMARTS) is 2. The van der Waals surface area contributed by atoms with E-state index in [4.69, 9.17) is 9.84 Å². The van der Waals surface area contributed by atoms with Gasteiger partial charge in [0, 0.05) is 43.9 Å². The topological polar surface area (TPSA) is 199 Å². The van der Waals surface area contributed by atoms with Crippen molar-refractivity contribution in [2.24, 2.45) is 0 Å². The molecule has 1 amide bonds. The number of likely N-dealkylation sites (tertiary alicyclic amines) is 1. The van der Waals surface area contributed by atoms with Crippen LogP contribution >= 0.6 is 0 Å². The van der Waals surface area contributed by atoms with Crippen LogP contribution in [0.25, 0.3) is 22.3 Å². The molecule has 0 bridgehead atoms. The van der Waals surface area contributed by atoms with Gasteiger partial charge in [-0.2, -0.15) is 0 Å². The number of hydrogen-bond acceptors (Lipinski definition) is 9. The van der Waals surface area contributed by atoms with Crippen LogP contribution in [0, 0.1) is 0 Å². The van der Waals surface area contributed by atoms with Crippen LogP contribution in [0.1, 0.15) is 91.7 Å². The van der Waals surface area contributed by atoms with Gasteiger partial charge in [-0.05, 0) is 71.6 Å². The number of aromatic nitrogens is 6. The van der Waals surface area contributed by atoms with Crippen LogP contribution in [0.5, 0.6) is 0 Å². The third kappa shape index (κ3) is 7.93. The zero-order valence-corrected chi connectivity index (χ0v) is 25.8. The number of nitrogens with zero attached hydrogens (tertiary/aromatic N) is 5. The van der Waals surface area contributed by atoms with Crippen molar-refractivity contribution >= 4 is 40.4 Å². The number of hydrogen-bond donors (Lipinski definition) is 5. The number of aromatic carboxylic acids is 2. The fourth-order valence-electron chi connectivity index (χ4n) is 5.80. The molecule has 14 heteroatoms. The standard InChI is InChI=1S/C18H24N4O4.C13H16N4O2/c1-18(2,3)26-17(25)22-9-5-4-6-11(22)10-13-20-14-12(16(23)24)7-8-19-15(14)21-13;18-13(19)9-4-6-15-12-11(9)16-10(17-12)7-8-3-1-2-5-14-8/h7-8,11H,4-6,9-10H2,1-3H3,(H,23,24)(H,19,20,21);4,6,8,14H,1-3,5,7H2,(H,18,19)(H,15,16,17). The van der Waals surface area contributed by atoms with Crippen LogP contribution in [0.3, 0.4) is 0 Å². The number of nitrogens with one attached hydrogen (secondary N) is 3. The van der Waals surface area contributed by atoms with E-state index in [9.17, 15) is 19.5 Å². The summed E-state index contributed by atoms with van der Waals surface area (Å²) in [5.41, 5.74) is 1.60. The maximum absolute atomic E-state index is 12.5. The predicted octanol–water partition coefficient (Wildman–Crippen LogP) is 4.33. The van der Waals surface area contributed by atoms with Crippen LogP contribution < -0.4 is 5.32 Å². The summed E-state index contributed by atoms with van der Waals surface area (Å²) in [7, 11) is 0. The highest BCUT2D eigenvalue weighted by Gasteiger charge is 2.31. The van der Waals surface area contributed by atoms with Gasteiger partial charge in [-0.3, -0.25) is 0 Å². The van der Waals surface area contributed by atoms with Crippen molar-refractivity contribution in [3.05, 3.63) is 47.3 Å². The van der Waals surface area contributed by atoms with Crippen molar-refractivity contribution in [1.82, 2.24) is 40.1 Å². The molecule has 2 atom stereocenters. The Morgan fingerprint density at radius 1 is 0.867 bits per heavy atom. The van der Waals surface area contributed by atoms with Crippen LogP contribution in [0.15, 0.2) is 24.5 Å². The SMILES string of the molecule is CC(C)(C)OC(=O)N1CCCCC1Cc1nc2nccc(C(=O)O)c2[nH]1.O=C(O)c1ccnc2nc(CC3CCCCN3)[nH]c12. The van der Waals surface area contributed by atoms with E-state index in [1.807, 2.05) is 20.8 Å². The number of piperidine rings is 2. The van der Waals surface area contributed by atoms with E-state index in [0.717, 1.165) is 44.5 Å². The maximum Gasteiger partial charge on any atom is 0.410 e. The van der Waals surface area contributed by atoms with Gasteiger partial charge in [-0.15, -0.1) is 0 Å². The molecule has 2 unspecified atom stereocenters. The number of rotatable bonds is 6. The smallest absolute Gasteiger partial charge is 0.410 e. The van der Waals surface area contributed by atoms with E-state index in [2.05, 4.69) is 35.2 Å². The summed E-state index contributed by atoms with van der Waals surface area (Å²) in [4.78, 5) is 59.9. The highest BCUT2D eigenvalue weighted by atomic mass is 16.6. The lowest BCUT2D eigenvalue weighted by Crippen LogP contribution is -2.47. The molecule has 4 aromatic heterocycles. The number of aromatic amines is 2.